The van der Waals surface area contributed by atoms with E-state index < -0.39 is 0 Å². The molecule has 0 saturated carbocycles. The van der Waals surface area contributed by atoms with E-state index in [4.69, 9.17) is 0 Å². The lowest BCUT2D eigenvalue weighted by Crippen LogP contribution is -2.27. The van der Waals surface area contributed by atoms with Gasteiger partial charge in [0, 0.05) is 29.2 Å². The van der Waals surface area contributed by atoms with Gasteiger partial charge < -0.3 is 5.32 Å². The van der Waals surface area contributed by atoms with Crippen LogP contribution in [0.3, 0.4) is 0 Å². The average Bonchev–Trinajstić information content (AvgIpc) is 3.16. The molecule has 0 aliphatic carbocycles. The molecule has 1 atom stereocenters. The molecule has 0 saturated heterocycles. The third kappa shape index (κ3) is 3.17. The van der Waals surface area contributed by atoms with E-state index in [0.717, 1.165) is 21.8 Å². The molecule has 0 aliphatic heterocycles. The first-order valence-electron chi connectivity index (χ1n) is 7.36. The van der Waals surface area contributed by atoms with Gasteiger partial charge in [0.05, 0.1) is 12.2 Å². The number of aryl methyl sites for hydroxylation is 1. The molecule has 0 radical (unpaired) electrons. The van der Waals surface area contributed by atoms with Gasteiger partial charge in [-0.3, -0.25) is 9.48 Å². The monoisotopic (exact) mass is 326 g/mol. The van der Waals surface area contributed by atoms with Crippen molar-refractivity contribution in [2.24, 2.45) is 7.05 Å². The van der Waals surface area contributed by atoms with E-state index in [9.17, 15) is 4.79 Å². The highest BCUT2D eigenvalue weighted by molar-refractivity contribution is 7.13. The lowest BCUT2D eigenvalue weighted by molar-refractivity contribution is 0.0935. The zero-order valence-corrected chi connectivity index (χ0v) is 14.1. The van der Waals surface area contributed by atoms with Crippen LogP contribution in [0.2, 0.25) is 0 Å². The van der Waals surface area contributed by atoms with Crippen molar-refractivity contribution < 1.29 is 4.79 Å². The quantitative estimate of drug-likeness (QED) is 0.800. The van der Waals surface area contributed by atoms with Crippen LogP contribution in [0, 0.1) is 6.92 Å². The Kier molecular flexibility index (Phi) is 4.25. The molecule has 0 bridgehead atoms. The minimum atomic E-state index is -0.167. The molecular weight excluding hydrogens is 308 g/mol. The molecule has 0 unspecified atom stereocenters. The Hall–Kier alpha value is -2.47. The number of hydrogen-bond donors (Lipinski definition) is 1. The van der Waals surface area contributed by atoms with Crippen LogP contribution in [-0.2, 0) is 7.05 Å². The lowest BCUT2D eigenvalue weighted by atomic mass is 10.1. The van der Waals surface area contributed by atoms with Gasteiger partial charge in [-0.05, 0) is 13.8 Å². The second kappa shape index (κ2) is 6.34. The maximum absolute atomic E-state index is 12.4. The van der Waals surface area contributed by atoms with Gasteiger partial charge in [-0.1, -0.05) is 30.3 Å². The fraction of sp³-hybridized carbons (Fsp3) is 0.235. The van der Waals surface area contributed by atoms with Crippen LogP contribution >= 0.6 is 11.3 Å². The SMILES string of the molecule is Cc1c([C@H](C)NC(=O)c2csc(-c3ccccc3)n2)cnn1C. The van der Waals surface area contributed by atoms with Crippen LogP contribution in [-0.4, -0.2) is 20.7 Å². The minimum Gasteiger partial charge on any atom is -0.344 e. The predicted molar refractivity (Wildman–Crippen MR) is 91.4 cm³/mol. The topological polar surface area (TPSA) is 59.8 Å². The Balaban J connectivity index is 1.74. The van der Waals surface area contributed by atoms with Gasteiger partial charge >= 0.3 is 0 Å². The second-order valence-corrected chi connectivity index (χ2v) is 6.27. The predicted octanol–water partition coefficient (Wildman–Crippen LogP) is 3.34. The molecule has 2 aromatic heterocycles. The van der Waals surface area contributed by atoms with Crippen molar-refractivity contribution in [1.82, 2.24) is 20.1 Å². The van der Waals surface area contributed by atoms with Gasteiger partial charge in [-0.15, -0.1) is 11.3 Å². The smallest absolute Gasteiger partial charge is 0.271 e. The van der Waals surface area contributed by atoms with Crippen molar-refractivity contribution in [3.8, 4) is 10.6 Å². The molecule has 1 N–H and O–H groups in total. The first-order valence-corrected chi connectivity index (χ1v) is 8.24. The van der Waals surface area contributed by atoms with Gasteiger partial charge in [0.25, 0.3) is 5.91 Å². The normalized spacial score (nSPS) is 12.1. The highest BCUT2D eigenvalue weighted by atomic mass is 32.1. The van der Waals surface area contributed by atoms with Crippen molar-refractivity contribution in [3.05, 3.63) is 58.9 Å². The number of thiazole rings is 1. The van der Waals surface area contributed by atoms with E-state index in [1.165, 1.54) is 11.3 Å². The number of rotatable bonds is 4. The van der Waals surface area contributed by atoms with Crippen molar-refractivity contribution in [2.45, 2.75) is 19.9 Å². The Morgan fingerprint density at radius 2 is 2.04 bits per heavy atom. The number of amides is 1. The summed E-state index contributed by atoms with van der Waals surface area (Å²) in [5.41, 5.74) is 3.52. The Labute approximate surface area is 139 Å². The standard InChI is InChI=1S/C17H18N4OS/c1-11(14-9-18-21(3)12(14)2)19-16(22)15-10-23-17(20-15)13-7-5-4-6-8-13/h4-11H,1-3H3,(H,19,22)/t11-/m0/s1. The number of hydrogen-bond acceptors (Lipinski definition) is 4. The van der Waals surface area contributed by atoms with Crippen LogP contribution in [0.15, 0.2) is 41.9 Å². The molecular formula is C17H18N4OS. The van der Waals surface area contributed by atoms with Crippen molar-refractivity contribution >= 4 is 17.2 Å². The molecule has 0 spiro atoms. The number of aromatic nitrogens is 3. The Morgan fingerprint density at radius 3 is 2.70 bits per heavy atom. The summed E-state index contributed by atoms with van der Waals surface area (Å²) in [4.78, 5) is 16.8. The number of carbonyl (C=O) groups is 1. The van der Waals surface area contributed by atoms with Gasteiger partial charge in [0.2, 0.25) is 0 Å². The molecule has 118 valence electrons. The molecule has 0 aliphatic rings. The van der Waals surface area contributed by atoms with E-state index in [0.29, 0.717) is 5.69 Å². The molecule has 5 nitrogen and oxygen atoms in total. The Bertz CT molecular complexity index is 822. The molecule has 2 heterocycles. The second-order valence-electron chi connectivity index (χ2n) is 5.41. The summed E-state index contributed by atoms with van der Waals surface area (Å²) in [5.74, 6) is -0.167. The first-order chi connectivity index (χ1) is 11.1. The van der Waals surface area contributed by atoms with Crippen molar-refractivity contribution in [3.63, 3.8) is 0 Å². The highest BCUT2D eigenvalue weighted by Crippen LogP contribution is 2.24. The summed E-state index contributed by atoms with van der Waals surface area (Å²) in [7, 11) is 1.89. The number of carbonyl (C=O) groups excluding carboxylic acids is 1. The van der Waals surface area contributed by atoms with E-state index in [2.05, 4.69) is 15.4 Å². The van der Waals surface area contributed by atoms with Crippen molar-refractivity contribution in [2.75, 3.05) is 0 Å². The Morgan fingerprint density at radius 1 is 1.30 bits per heavy atom. The zero-order valence-electron chi connectivity index (χ0n) is 13.3. The van der Waals surface area contributed by atoms with Crippen LogP contribution in [0.4, 0.5) is 0 Å². The summed E-state index contributed by atoms with van der Waals surface area (Å²) in [6.07, 6.45) is 1.79. The van der Waals surface area contributed by atoms with Gasteiger partial charge in [-0.25, -0.2) is 4.98 Å². The maximum Gasteiger partial charge on any atom is 0.271 e. The fourth-order valence-corrected chi connectivity index (χ4v) is 3.19. The summed E-state index contributed by atoms with van der Waals surface area (Å²) in [6.45, 7) is 3.94. The third-order valence-electron chi connectivity index (χ3n) is 3.84. The number of benzene rings is 1. The highest BCUT2D eigenvalue weighted by Gasteiger charge is 2.17. The summed E-state index contributed by atoms with van der Waals surface area (Å²) >= 11 is 1.47. The molecule has 6 heteroatoms. The van der Waals surface area contributed by atoms with Crippen molar-refractivity contribution in [1.29, 1.82) is 0 Å². The van der Waals surface area contributed by atoms with E-state index in [1.807, 2.05) is 51.2 Å². The third-order valence-corrected chi connectivity index (χ3v) is 4.74. The maximum atomic E-state index is 12.4. The largest absolute Gasteiger partial charge is 0.344 e. The summed E-state index contributed by atoms with van der Waals surface area (Å²) in [5, 5.41) is 9.84. The van der Waals surface area contributed by atoms with Gasteiger partial charge in [-0.2, -0.15) is 5.10 Å². The zero-order chi connectivity index (χ0) is 16.4. The summed E-state index contributed by atoms with van der Waals surface area (Å²) in [6, 6.07) is 9.75. The van der Waals surface area contributed by atoms with E-state index in [1.54, 1.807) is 16.3 Å². The number of nitrogens with one attached hydrogen (secondary N) is 1. The van der Waals surface area contributed by atoms with E-state index in [-0.39, 0.29) is 11.9 Å². The molecule has 3 rings (SSSR count). The molecule has 3 aromatic rings. The van der Waals surface area contributed by atoms with Gasteiger partial charge in [0.1, 0.15) is 10.7 Å². The van der Waals surface area contributed by atoms with Crippen LogP contribution in [0.1, 0.15) is 34.7 Å². The number of nitrogens with zero attached hydrogens (tertiary/aromatic N) is 3. The van der Waals surface area contributed by atoms with Crippen LogP contribution in [0.5, 0.6) is 0 Å². The van der Waals surface area contributed by atoms with Gasteiger partial charge in [0.15, 0.2) is 0 Å². The first kappa shape index (κ1) is 15.4. The molecule has 0 fully saturated rings. The average molecular weight is 326 g/mol. The van der Waals surface area contributed by atoms with Crippen LogP contribution < -0.4 is 5.32 Å². The summed E-state index contributed by atoms with van der Waals surface area (Å²) < 4.78 is 1.80. The molecule has 1 aromatic carbocycles. The minimum absolute atomic E-state index is 0.113. The fourth-order valence-electron chi connectivity index (χ4n) is 2.38. The molecule has 1 amide bonds. The van der Waals surface area contributed by atoms with Crippen LogP contribution in [0.25, 0.3) is 10.6 Å². The lowest BCUT2D eigenvalue weighted by Gasteiger charge is -2.12. The van der Waals surface area contributed by atoms with E-state index >= 15 is 0 Å². The molecule has 23 heavy (non-hydrogen) atoms.